The van der Waals surface area contributed by atoms with E-state index in [1.807, 2.05) is 90.4 Å². The van der Waals surface area contributed by atoms with E-state index in [1.165, 1.54) is 0 Å². The number of fused-ring (bicyclic) bond motifs is 1. The predicted octanol–water partition coefficient (Wildman–Crippen LogP) is 4.66. The smallest absolute Gasteiger partial charge is 0.276 e. The molecule has 5 aromatic rings. The van der Waals surface area contributed by atoms with Gasteiger partial charge in [-0.2, -0.15) is 5.10 Å². The zero-order valence-corrected chi connectivity index (χ0v) is 17.5. The largest absolute Gasteiger partial charge is 0.487 e. The van der Waals surface area contributed by atoms with Gasteiger partial charge in [-0.1, -0.05) is 30.3 Å². The van der Waals surface area contributed by atoms with Crippen LogP contribution in [-0.2, 0) is 6.61 Å². The van der Waals surface area contributed by atoms with Gasteiger partial charge in [-0.15, -0.1) is 0 Å². The summed E-state index contributed by atoms with van der Waals surface area (Å²) in [5.74, 6) is 0.367. The number of amides is 1. The molecule has 158 valence electrons. The van der Waals surface area contributed by atoms with E-state index in [-0.39, 0.29) is 5.91 Å². The Bertz CT molecular complexity index is 1360. The summed E-state index contributed by atoms with van der Waals surface area (Å²) in [5.41, 5.74) is 4.47. The molecule has 0 radical (unpaired) electrons. The van der Waals surface area contributed by atoms with Gasteiger partial charge < -0.3 is 14.5 Å². The molecule has 7 heteroatoms. The van der Waals surface area contributed by atoms with Crippen LogP contribution in [0.25, 0.3) is 11.3 Å². The number of carbonyl (C=O) groups is 1. The van der Waals surface area contributed by atoms with Crippen molar-refractivity contribution in [2.75, 3.05) is 5.32 Å². The number of aryl methyl sites for hydroxylation is 1. The summed E-state index contributed by atoms with van der Waals surface area (Å²) in [6.07, 6.45) is 3.88. The lowest BCUT2D eigenvalue weighted by molar-refractivity contribution is 0.102. The number of aromatic nitrogens is 4. The second-order valence-electron chi connectivity index (χ2n) is 7.39. The first-order valence-corrected chi connectivity index (χ1v) is 10.2. The number of hydrogen-bond donors (Lipinski definition) is 1. The van der Waals surface area contributed by atoms with Crippen LogP contribution in [0.2, 0.25) is 0 Å². The molecule has 0 spiro atoms. The SMILES string of the molecule is Cc1cc(C(=O)Nc2cccc(OCc3cn4ccccc4n3)c2)nn1-c1ccccc1. The number of anilines is 1. The van der Waals surface area contributed by atoms with E-state index >= 15 is 0 Å². The molecule has 32 heavy (non-hydrogen) atoms. The molecule has 0 aliphatic rings. The third-order valence-corrected chi connectivity index (χ3v) is 5.01. The van der Waals surface area contributed by atoms with E-state index in [4.69, 9.17) is 4.74 Å². The Morgan fingerprint density at radius 1 is 1.00 bits per heavy atom. The average Bonchev–Trinajstić information content (AvgIpc) is 3.42. The van der Waals surface area contributed by atoms with Gasteiger partial charge in [0.1, 0.15) is 18.0 Å². The van der Waals surface area contributed by atoms with Crippen molar-refractivity contribution in [3.05, 3.63) is 108 Å². The fourth-order valence-corrected chi connectivity index (χ4v) is 3.49. The molecule has 7 nitrogen and oxygen atoms in total. The minimum absolute atomic E-state index is 0.278. The minimum atomic E-state index is -0.278. The number of hydrogen-bond acceptors (Lipinski definition) is 4. The first-order valence-electron chi connectivity index (χ1n) is 10.2. The van der Waals surface area contributed by atoms with E-state index in [0.717, 1.165) is 22.7 Å². The molecule has 3 heterocycles. The normalized spacial score (nSPS) is 10.9. The Balaban J connectivity index is 1.27. The average molecular weight is 423 g/mol. The second kappa shape index (κ2) is 8.39. The van der Waals surface area contributed by atoms with Gasteiger partial charge in [0.15, 0.2) is 5.69 Å². The Morgan fingerprint density at radius 2 is 1.84 bits per heavy atom. The highest BCUT2D eigenvalue weighted by atomic mass is 16.5. The summed E-state index contributed by atoms with van der Waals surface area (Å²) in [6, 6.07) is 24.6. The zero-order valence-electron chi connectivity index (χ0n) is 17.5. The number of ether oxygens (including phenoxy) is 1. The highest BCUT2D eigenvalue weighted by molar-refractivity contribution is 6.03. The predicted molar refractivity (Wildman–Crippen MR) is 122 cm³/mol. The van der Waals surface area contributed by atoms with Gasteiger partial charge in [-0.05, 0) is 49.4 Å². The number of pyridine rings is 1. The fourth-order valence-electron chi connectivity index (χ4n) is 3.49. The number of carbonyl (C=O) groups excluding carboxylic acids is 1. The van der Waals surface area contributed by atoms with Crippen molar-refractivity contribution in [1.29, 1.82) is 0 Å². The summed E-state index contributed by atoms with van der Waals surface area (Å²) >= 11 is 0. The van der Waals surface area contributed by atoms with Crippen molar-refractivity contribution in [2.45, 2.75) is 13.5 Å². The molecular weight excluding hydrogens is 402 g/mol. The molecule has 1 N–H and O–H groups in total. The van der Waals surface area contributed by atoms with Gasteiger partial charge in [0.05, 0.1) is 11.4 Å². The van der Waals surface area contributed by atoms with Crippen LogP contribution in [-0.4, -0.2) is 25.1 Å². The summed E-state index contributed by atoms with van der Waals surface area (Å²) < 4.78 is 9.59. The Morgan fingerprint density at radius 3 is 2.69 bits per heavy atom. The van der Waals surface area contributed by atoms with E-state index in [9.17, 15) is 4.79 Å². The maximum atomic E-state index is 12.8. The third kappa shape index (κ3) is 4.09. The number of rotatable bonds is 6. The zero-order chi connectivity index (χ0) is 21.9. The standard InChI is InChI=1S/C25H21N5O2/c1-18-14-23(28-30(18)21-9-3-2-4-10-21)25(31)27-19-8-7-11-22(15-19)32-17-20-16-29-13-6-5-12-24(29)26-20/h2-16H,17H2,1H3,(H,27,31). The molecule has 0 aliphatic heterocycles. The Labute approximate surface area is 184 Å². The van der Waals surface area contributed by atoms with Gasteiger partial charge in [0.2, 0.25) is 0 Å². The maximum absolute atomic E-state index is 12.8. The molecule has 0 fully saturated rings. The topological polar surface area (TPSA) is 73.4 Å². The van der Waals surface area contributed by atoms with Gasteiger partial charge in [0, 0.05) is 29.8 Å². The lowest BCUT2D eigenvalue weighted by atomic mass is 10.3. The van der Waals surface area contributed by atoms with Gasteiger partial charge in [-0.25, -0.2) is 9.67 Å². The third-order valence-electron chi connectivity index (χ3n) is 5.01. The van der Waals surface area contributed by atoms with Crippen LogP contribution in [0.4, 0.5) is 5.69 Å². The van der Waals surface area contributed by atoms with Crippen LogP contribution in [0.15, 0.2) is 91.3 Å². The molecular formula is C25H21N5O2. The lowest BCUT2D eigenvalue weighted by Gasteiger charge is -2.08. The van der Waals surface area contributed by atoms with Crippen molar-refractivity contribution in [2.24, 2.45) is 0 Å². The van der Waals surface area contributed by atoms with Crippen molar-refractivity contribution in [1.82, 2.24) is 19.2 Å². The highest BCUT2D eigenvalue weighted by Crippen LogP contribution is 2.20. The number of nitrogens with zero attached hydrogens (tertiary/aromatic N) is 4. The van der Waals surface area contributed by atoms with Crippen molar-refractivity contribution in [3.8, 4) is 11.4 Å². The van der Waals surface area contributed by atoms with Crippen LogP contribution in [0.5, 0.6) is 5.75 Å². The molecule has 2 aromatic carbocycles. The Kier molecular flexibility index (Phi) is 5.13. The van der Waals surface area contributed by atoms with Crippen molar-refractivity contribution < 1.29 is 9.53 Å². The minimum Gasteiger partial charge on any atom is -0.487 e. The van der Waals surface area contributed by atoms with E-state index in [1.54, 1.807) is 16.8 Å². The Hall–Kier alpha value is -4.39. The number of para-hydroxylation sites is 1. The van der Waals surface area contributed by atoms with E-state index in [2.05, 4.69) is 15.4 Å². The summed E-state index contributed by atoms with van der Waals surface area (Å²) in [5, 5.41) is 7.35. The van der Waals surface area contributed by atoms with Crippen molar-refractivity contribution >= 4 is 17.2 Å². The molecule has 0 aliphatic carbocycles. The van der Waals surface area contributed by atoms with Crippen molar-refractivity contribution in [3.63, 3.8) is 0 Å². The number of imidazole rings is 1. The molecule has 0 saturated carbocycles. The molecule has 3 aromatic heterocycles. The summed E-state index contributed by atoms with van der Waals surface area (Å²) in [6.45, 7) is 2.25. The summed E-state index contributed by atoms with van der Waals surface area (Å²) in [7, 11) is 0. The van der Waals surface area contributed by atoms with Gasteiger partial charge >= 0.3 is 0 Å². The van der Waals surface area contributed by atoms with E-state index < -0.39 is 0 Å². The maximum Gasteiger partial charge on any atom is 0.276 e. The number of nitrogens with one attached hydrogen (secondary N) is 1. The quantitative estimate of drug-likeness (QED) is 0.431. The van der Waals surface area contributed by atoms with Crippen LogP contribution >= 0.6 is 0 Å². The monoisotopic (exact) mass is 423 g/mol. The first-order chi connectivity index (χ1) is 15.7. The fraction of sp³-hybridized carbons (Fsp3) is 0.0800. The van der Waals surface area contributed by atoms with Crippen LogP contribution < -0.4 is 10.1 Å². The second-order valence-corrected chi connectivity index (χ2v) is 7.39. The number of benzene rings is 2. The highest BCUT2D eigenvalue weighted by Gasteiger charge is 2.14. The first kappa shape index (κ1) is 19.6. The lowest BCUT2D eigenvalue weighted by Crippen LogP contribution is -2.13. The summed E-state index contributed by atoms with van der Waals surface area (Å²) in [4.78, 5) is 17.3. The molecule has 1 amide bonds. The van der Waals surface area contributed by atoms with Gasteiger partial charge in [-0.3, -0.25) is 4.79 Å². The molecule has 0 bridgehead atoms. The molecule has 0 unspecified atom stereocenters. The van der Waals surface area contributed by atoms with Gasteiger partial charge in [0.25, 0.3) is 5.91 Å². The van der Waals surface area contributed by atoms with Crippen LogP contribution in [0.1, 0.15) is 21.9 Å². The molecule has 5 rings (SSSR count). The van der Waals surface area contributed by atoms with Crippen LogP contribution in [0, 0.1) is 6.92 Å². The molecule has 0 atom stereocenters. The molecule has 0 saturated heterocycles. The van der Waals surface area contributed by atoms with E-state index in [0.29, 0.717) is 23.7 Å². The van der Waals surface area contributed by atoms with Crippen LogP contribution in [0.3, 0.4) is 0 Å².